The maximum Gasteiger partial charge on any atom is 0.244 e. The van der Waals surface area contributed by atoms with Crippen molar-refractivity contribution < 1.29 is 4.79 Å². The third-order valence-corrected chi connectivity index (χ3v) is 5.78. The first-order valence-corrected chi connectivity index (χ1v) is 7.70. The monoisotopic (exact) mass is 250 g/mol. The van der Waals surface area contributed by atoms with Gasteiger partial charge in [-0.3, -0.25) is 10.1 Å². The standard InChI is InChI=1S/C15H26N2O/c1-11-6-5-7-13(12(11)2)17-10-16-15(14(17)18)8-3-4-9-15/h11-13,16H,3-10H2,1-2H3. The summed E-state index contributed by atoms with van der Waals surface area (Å²) in [6.07, 6.45) is 8.35. The van der Waals surface area contributed by atoms with Crippen molar-refractivity contribution in [3.05, 3.63) is 0 Å². The van der Waals surface area contributed by atoms with Gasteiger partial charge in [0.1, 0.15) is 0 Å². The van der Waals surface area contributed by atoms with E-state index in [0.717, 1.165) is 25.4 Å². The Hall–Kier alpha value is -0.570. The van der Waals surface area contributed by atoms with Crippen LogP contribution in [0.3, 0.4) is 0 Å². The molecule has 1 N–H and O–H groups in total. The second-order valence-corrected chi connectivity index (χ2v) is 6.73. The summed E-state index contributed by atoms with van der Waals surface area (Å²) in [7, 11) is 0. The van der Waals surface area contributed by atoms with Crippen molar-refractivity contribution in [1.29, 1.82) is 0 Å². The van der Waals surface area contributed by atoms with E-state index in [2.05, 4.69) is 24.1 Å². The molecule has 1 spiro atoms. The summed E-state index contributed by atoms with van der Waals surface area (Å²) in [5.41, 5.74) is -0.166. The minimum atomic E-state index is -0.166. The molecule has 0 aromatic rings. The molecule has 0 radical (unpaired) electrons. The van der Waals surface area contributed by atoms with E-state index in [1.807, 2.05) is 0 Å². The van der Waals surface area contributed by atoms with Gasteiger partial charge < -0.3 is 4.90 Å². The topological polar surface area (TPSA) is 32.3 Å². The normalized spacial score (nSPS) is 39.8. The number of hydrogen-bond acceptors (Lipinski definition) is 2. The van der Waals surface area contributed by atoms with Gasteiger partial charge in [-0.2, -0.15) is 0 Å². The molecule has 18 heavy (non-hydrogen) atoms. The van der Waals surface area contributed by atoms with Crippen molar-refractivity contribution in [3.63, 3.8) is 0 Å². The zero-order chi connectivity index (χ0) is 12.8. The molecule has 102 valence electrons. The van der Waals surface area contributed by atoms with Gasteiger partial charge in [0.25, 0.3) is 0 Å². The minimum Gasteiger partial charge on any atom is -0.325 e. The maximum atomic E-state index is 12.7. The molecule has 1 heterocycles. The van der Waals surface area contributed by atoms with E-state index in [0.29, 0.717) is 17.9 Å². The first-order valence-electron chi connectivity index (χ1n) is 7.70. The van der Waals surface area contributed by atoms with Crippen LogP contribution in [-0.4, -0.2) is 29.1 Å². The molecular weight excluding hydrogens is 224 g/mol. The Labute approximate surface area is 110 Å². The lowest BCUT2D eigenvalue weighted by atomic mass is 9.77. The summed E-state index contributed by atoms with van der Waals surface area (Å²) in [6.45, 7) is 5.47. The third kappa shape index (κ3) is 1.78. The Bertz CT molecular complexity index is 335. The Morgan fingerprint density at radius 3 is 2.61 bits per heavy atom. The predicted octanol–water partition coefficient (Wildman–Crippen LogP) is 2.51. The number of nitrogens with zero attached hydrogens (tertiary/aromatic N) is 1. The van der Waals surface area contributed by atoms with Crippen molar-refractivity contribution in [2.45, 2.75) is 70.4 Å². The Morgan fingerprint density at radius 2 is 1.89 bits per heavy atom. The fourth-order valence-electron chi connectivity index (χ4n) is 4.29. The molecule has 3 aliphatic rings. The molecule has 3 nitrogen and oxygen atoms in total. The molecule has 3 rings (SSSR count). The Balaban J connectivity index is 1.75. The lowest BCUT2D eigenvalue weighted by Gasteiger charge is -2.40. The number of carbonyl (C=O) groups is 1. The van der Waals surface area contributed by atoms with Crippen LogP contribution in [0.15, 0.2) is 0 Å². The summed E-state index contributed by atoms with van der Waals surface area (Å²) in [5.74, 6) is 1.82. The average molecular weight is 250 g/mol. The van der Waals surface area contributed by atoms with E-state index in [4.69, 9.17) is 0 Å². The number of amides is 1. The second-order valence-electron chi connectivity index (χ2n) is 6.73. The highest BCUT2D eigenvalue weighted by Crippen LogP contribution is 2.39. The maximum absolute atomic E-state index is 12.7. The van der Waals surface area contributed by atoms with Crippen molar-refractivity contribution >= 4 is 5.91 Å². The van der Waals surface area contributed by atoms with Gasteiger partial charge >= 0.3 is 0 Å². The van der Waals surface area contributed by atoms with Gasteiger partial charge in [-0.05, 0) is 31.1 Å². The summed E-state index contributed by atoms with van der Waals surface area (Å²) in [4.78, 5) is 14.9. The highest BCUT2D eigenvalue weighted by atomic mass is 16.2. The predicted molar refractivity (Wildman–Crippen MR) is 72.0 cm³/mol. The van der Waals surface area contributed by atoms with Crippen molar-refractivity contribution in [3.8, 4) is 0 Å². The van der Waals surface area contributed by atoms with E-state index >= 15 is 0 Å². The van der Waals surface area contributed by atoms with Gasteiger partial charge in [-0.15, -0.1) is 0 Å². The molecule has 0 bridgehead atoms. The Morgan fingerprint density at radius 1 is 1.17 bits per heavy atom. The molecular formula is C15H26N2O. The molecule has 3 unspecified atom stereocenters. The highest BCUT2D eigenvalue weighted by Gasteiger charge is 2.50. The van der Waals surface area contributed by atoms with E-state index < -0.39 is 0 Å². The molecule has 3 heteroatoms. The average Bonchev–Trinajstić information content (AvgIpc) is 2.95. The fraction of sp³-hybridized carbons (Fsp3) is 0.933. The van der Waals surface area contributed by atoms with Gasteiger partial charge in [0.2, 0.25) is 5.91 Å². The van der Waals surface area contributed by atoms with Crippen LogP contribution in [-0.2, 0) is 4.79 Å². The zero-order valence-electron chi connectivity index (χ0n) is 11.7. The number of rotatable bonds is 1. The summed E-state index contributed by atoms with van der Waals surface area (Å²) in [5, 5.41) is 3.54. The second kappa shape index (κ2) is 4.52. The first-order chi connectivity index (χ1) is 8.64. The van der Waals surface area contributed by atoms with Gasteiger partial charge in [0.15, 0.2) is 0 Å². The highest BCUT2D eigenvalue weighted by molar-refractivity contribution is 5.89. The Kier molecular flexibility index (Phi) is 3.13. The van der Waals surface area contributed by atoms with E-state index in [-0.39, 0.29) is 5.54 Å². The van der Waals surface area contributed by atoms with Gasteiger partial charge in [-0.25, -0.2) is 0 Å². The number of carbonyl (C=O) groups excluding carboxylic acids is 1. The quantitative estimate of drug-likeness (QED) is 0.775. The van der Waals surface area contributed by atoms with Gasteiger partial charge in [-0.1, -0.05) is 39.5 Å². The molecule has 1 saturated heterocycles. The van der Waals surface area contributed by atoms with Crippen LogP contribution in [0.1, 0.15) is 58.8 Å². The van der Waals surface area contributed by atoms with Crippen LogP contribution in [0.25, 0.3) is 0 Å². The molecule has 0 aromatic carbocycles. The molecule has 1 amide bonds. The lowest BCUT2D eigenvalue weighted by Crippen LogP contribution is -2.48. The zero-order valence-corrected chi connectivity index (χ0v) is 11.7. The van der Waals surface area contributed by atoms with E-state index in [1.165, 1.54) is 32.1 Å². The molecule has 3 atom stereocenters. The van der Waals surface area contributed by atoms with Crippen LogP contribution in [0.2, 0.25) is 0 Å². The molecule has 1 aliphatic heterocycles. The number of nitrogens with one attached hydrogen (secondary N) is 1. The molecule has 0 aromatic heterocycles. The van der Waals surface area contributed by atoms with Crippen LogP contribution >= 0.6 is 0 Å². The fourth-order valence-corrected chi connectivity index (χ4v) is 4.29. The molecule has 2 saturated carbocycles. The van der Waals surface area contributed by atoms with Gasteiger partial charge in [0, 0.05) is 6.04 Å². The van der Waals surface area contributed by atoms with Crippen LogP contribution in [0.5, 0.6) is 0 Å². The summed E-state index contributed by atoms with van der Waals surface area (Å²) < 4.78 is 0. The van der Waals surface area contributed by atoms with Crippen LogP contribution in [0.4, 0.5) is 0 Å². The third-order valence-electron chi connectivity index (χ3n) is 5.78. The van der Waals surface area contributed by atoms with E-state index in [1.54, 1.807) is 0 Å². The van der Waals surface area contributed by atoms with Crippen molar-refractivity contribution in [2.24, 2.45) is 11.8 Å². The van der Waals surface area contributed by atoms with E-state index in [9.17, 15) is 4.79 Å². The van der Waals surface area contributed by atoms with Crippen LogP contribution in [0, 0.1) is 11.8 Å². The smallest absolute Gasteiger partial charge is 0.244 e. The summed E-state index contributed by atoms with van der Waals surface area (Å²) >= 11 is 0. The van der Waals surface area contributed by atoms with Gasteiger partial charge in [0.05, 0.1) is 12.2 Å². The van der Waals surface area contributed by atoms with Crippen molar-refractivity contribution in [1.82, 2.24) is 10.2 Å². The van der Waals surface area contributed by atoms with Crippen molar-refractivity contribution in [2.75, 3.05) is 6.67 Å². The largest absolute Gasteiger partial charge is 0.325 e. The molecule has 2 aliphatic carbocycles. The first kappa shape index (κ1) is 12.5. The van der Waals surface area contributed by atoms with Crippen LogP contribution < -0.4 is 5.32 Å². The summed E-state index contributed by atoms with van der Waals surface area (Å²) in [6, 6.07) is 0.480. The lowest BCUT2D eigenvalue weighted by molar-refractivity contribution is -0.136. The SMILES string of the molecule is CC1CCCC(N2CNC3(CCCC3)C2=O)C1C. The number of hydrogen-bond donors (Lipinski definition) is 1. The minimum absolute atomic E-state index is 0.166. The molecule has 3 fully saturated rings.